The molecule has 0 aromatic heterocycles. The predicted molar refractivity (Wildman–Crippen MR) is 219 cm³/mol. The van der Waals surface area contributed by atoms with Crippen LogP contribution in [0.2, 0.25) is 0 Å². The van der Waals surface area contributed by atoms with E-state index in [0.717, 1.165) is 56.4 Å². The van der Waals surface area contributed by atoms with Crippen molar-refractivity contribution in [1.82, 2.24) is 0 Å². The Hall–Kier alpha value is -3.89. The molecule has 8 rings (SSSR count). The van der Waals surface area contributed by atoms with Gasteiger partial charge in [0.1, 0.15) is 30.5 Å². The minimum atomic E-state index is -0.263. The summed E-state index contributed by atoms with van der Waals surface area (Å²) in [6.07, 6.45) is 11.0. The molecule has 4 aromatic carbocycles. The number of hydrogen-bond acceptors (Lipinski definition) is 4. The largest absolute Gasteiger partial charge is 0.489 e. The summed E-state index contributed by atoms with van der Waals surface area (Å²) in [5.74, 6) is 3.21. The Balaban J connectivity index is 0.000000167. The van der Waals surface area contributed by atoms with Crippen LogP contribution in [0, 0.1) is 22.7 Å². The third-order valence-corrected chi connectivity index (χ3v) is 15.0. The second-order valence-electron chi connectivity index (χ2n) is 18.1. The zero-order valence-corrected chi connectivity index (χ0v) is 33.6. The highest BCUT2D eigenvalue weighted by Gasteiger charge is 2.55. The molecule has 0 aliphatic heterocycles. The van der Waals surface area contributed by atoms with Crippen molar-refractivity contribution in [3.05, 3.63) is 130 Å². The molecule has 1 N–H and O–H groups in total. The van der Waals surface area contributed by atoms with Crippen LogP contribution in [-0.4, -0.2) is 17.0 Å². The Kier molecular flexibility index (Phi) is 10.9. The van der Waals surface area contributed by atoms with Crippen molar-refractivity contribution >= 4 is 5.78 Å². The molecule has 4 aromatic rings. The smallest absolute Gasteiger partial charge is 0.135 e. The number of carbonyl (C=O) groups excluding carboxylic acids is 1. The van der Waals surface area contributed by atoms with Gasteiger partial charge in [-0.3, -0.25) is 4.79 Å². The average molecular weight is 727 g/mol. The van der Waals surface area contributed by atoms with Gasteiger partial charge in [-0.25, -0.2) is 0 Å². The molecule has 7 atom stereocenters. The van der Waals surface area contributed by atoms with E-state index in [1.54, 1.807) is 6.92 Å². The molecule has 4 heteroatoms. The molecule has 0 spiro atoms. The average Bonchev–Trinajstić information content (AvgIpc) is 3.17. The SMILES string of the molecule is CC(=O)[C@@]1(C)CCC[C@]2(C)c3cc(OCc4ccccc4)ccc3CC[C@@H]12.CC(O)[C@@]1(C)CCC[C@]2(C)c3cc(OCc4ccccc4)ccc3CC[C@H]21. The van der Waals surface area contributed by atoms with Gasteiger partial charge in [0.25, 0.3) is 0 Å². The monoisotopic (exact) mass is 726 g/mol. The summed E-state index contributed by atoms with van der Waals surface area (Å²) in [5.41, 5.74) is 8.16. The number of hydrogen-bond donors (Lipinski definition) is 1. The minimum Gasteiger partial charge on any atom is -0.489 e. The summed E-state index contributed by atoms with van der Waals surface area (Å²) < 4.78 is 12.2. The summed E-state index contributed by atoms with van der Waals surface area (Å²) in [4.78, 5) is 12.5. The van der Waals surface area contributed by atoms with Gasteiger partial charge in [0, 0.05) is 5.41 Å². The third-order valence-electron chi connectivity index (χ3n) is 15.0. The van der Waals surface area contributed by atoms with E-state index in [1.165, 1.54) is 52.6 Å². The topological polar surface area (TPSA) is 55.8 Å². The fourth-order valence-corrected chi connectivity index (χ4v) is 11.5. The summed E-state index contributed by atoms with van der Waals surface area (Å²) in [7, 11) is 0. The van der Waals surface area contributed by atoms with Crippen molar-refractivity contribution in [2.24, 2.45) is 22.7 Å². The highest BCUT2D eigenvalue weighted by molar-refractivity contribution is 5.83. The Morgan fingerprint density at radius 2 is 1.13 bits per heavy atom. The predicted octanol–water partition coefficient (Wildman–Crippen LogP) is 11.5. The number of Topliss-reactive ketones (excluding diaryl/α,β-unsaturated/α-hetero) is 1. The Labute approximate surface area is 324 Å². The fraction of sp³-hybridized carbons (Fsp3) is 0.500. The quantitative estimate of drug-likeness (QED) is 0.196. The van der Waals surface area contributed by atoms with Crippen LogP contribution in [0.15, 0.2) is 97.1 Å². The van der Waals surface area contributed by atoms with Crippen molar-refractivity contribution in [2.75, 3.05) is 0 Å². The van der Waals surface area contributed by atoms with E-state index < -0.39 is 0 Å². The minimum absolute atomic E-state index is 0.00555. The van der Waals surface area contributed by atoms with Crippen LogP contribution in [0.1, 0.15) is 126 Å². The zero-order chi connectivity index (χ0) is 38.1. The molecule has 4 aliphatic carbocycles. The molecule has 4 aliphatic rings. The molecule has 4 nitrogen and oxygen atoms in total. The fourth-order valence-electron chi connectivity index (χ4n) is 11.5. The molecule has 0 saturated heterocycles. The first-order valence-electron chi connectivity index (χ1n) is 20.7. The zero-order valence-electron chi connectivity index (χ0n) is 33.6. The number of benzene rings is 4. The summed E-state index contributed by atoms with van der Waals surface area (Å²) in [6, 6.07) is 33.9. The summed E-state index contributed by atoms with van der Waals surface area (Å²) >= 11 is 0. The molecule has 0 heterocycles. The molecular formula is C50H62O4. The van der Waals surface area contributed by atoms with Crippen LogP contribution in [0.4, 0.5) is 0 Å². The van der Waals surface area contributed by atoms with Gasteiger partial charge in [-0.15, -0.1) is 0 Å². The van der Waals surface area contributed by atoms with Crippen LogP contribution in [-0.2, 0) is 41.7 Å². The highest BCUT2D eigenvalue weighted by atomic mass is 16.5. The van der Waals surface area contributed by atoms with Gasteiger partial charge in [-0.1, -0.05) is 113 Å². The van der Waals surface area contributed by atoms with E-state index in [9.17, 15) is 9.90 Å². The highest BCUT2D eigenvalue weighted by Crippen LogP contribution is 2.59. The Bertz CT molecular complexity index is 1920. The first-order chi connectivity index (χ1) is 25.9. The van der Waals surface area contributed by atoms with Gasteiger partial charge < -0.3 is 14.6 Å². The van der Waals surface area contributed by atoms with Crippen LogP contribution in [0.3, 0.4) is 0 Å². The number of aliphatic hydroxyl groups is 1. The lowest BCUT2D eigenvalue weighted by molar-refractivity contribution is -0.134. The third kappa shape index (κ3) is 7.16. The van der Waals surface area contributed by atoms with Crippen LogP contribution >= 0.6 is 0 Å². The number of rotatable bonds is 8. The van der Waals surface area contributed by atoms with Gasteiger partial charge >= 0.3 is 0 Å². The molecule has 286 valence electrons. The van der Waals surface area contributed by atoms with Gasteiger partial charge in [0.2, 0.25) is 0 Å². The van der Waals surface area contributed by atoms with E-state index in [-0.39, 0.29) is 27.8 Å². The normalized spacial score (nSPS) is 30.2. The Morgan fingerprint density at radius 1 is 0.667 bits per heavy atom. The summed E-state index contributed by atoms with van der Waals surface area (Å²) in [5, 5.41) is 10.6. The van der Waals surface area contributed by atoms with E-state index in [2.05, 4.69) is 100 Å². The van der Waals surface area contributed by atoms with E-state index >= 15 is 0 Å². The molecule has 0 radical (unpaired) electrons. The van der Waals surface area contributed by atoms with Gasteiger partial charge in [0.05, 0.1) is 6.10 Å². The van der Waals surface area contributed by atoms with Crippen molar-refractivity contribution in [3.8, 4) is 11.5 Å². The maximum atomic E-state index is 12.5. The van der Waals surface area contributed by atoms with E-state index in [0.29, 0.717) is 30.8 Å². The second-order valence-corrected chi connectivity index (χ2v) is 18.1. The standard InChI is InChI=1S/C25H32O2.C25H30O2/c2*1-18(26)24(2)14-7-15-25(3)22-16-21(12-10-20(22)11-13-23(24)25)27-17-19-8-5-4-6-9-19/h4-6,8-10,12,16,18,23,26H,7,11,13-15,17H2,1-3H3;4-6,8-10,12,16,23H,7,11,13-15,17H2,1-3H3/t18?,23-,24+,25+;23-,24+,25+/m00/s1. The van der Waals surface area contributed by atoms with Crippen molar-refractivity contribution < 1.29 is 19.4 Å². The molecule has 0 amide bonds. The molecule has 2 saturated carbocycles. The maximum absolute atomic E-state index is 12.5. The van der Waals surface area contributed by atoms with E-state index in [1.807, 2.05) is 31.2 Å². The molecule has 54 heavy (non-hydrogen) atoms. The van der Waals surface area contributed by atoms with Gasteiger partial charge in [-0.05, 0) is 151 Å². The molecular weight excluding hydrogens is 665 g/mol. The molecule has 2 fully saturated rings. The maximum Gasteiger partial charge on any atom is 0.135 e. The van der Waals surface area contributed by atoms with Crippen LogP contribution < -0.4 is 9.47 Å². The lowest BCUT2D eigenvalue weighted by atomic mass is 9.48. The number of aryl methyl sites for hydroxylation is 2. The first kappa shape index (κ1) is 38.4. The van der Waals surface area contributed by atoms with Gasteiger partial charge in [-0.2, -0.15) is 0 Å². The molecule has 0 bridgehead atoms. The van der Waals surface area contributed by atoms with E-state index in [4.69, 9.17) is 9.47 Å². The van der Waals surface area contributed by atoms with Crippen LogP contribution in [0.5, 0.6) is 11.5 Å². The summed E-state index contributed by atoms with van der Waals surface area (Å²) in [6.45, 7) is 14.3. The van der Waals surface area contributed by atoms with Crippen molar-refractivity contribution in [2.45, 2.75) is 136 Å². The lowest BCUT2D eigenvalue weighted by Crippen LogP contribution is -2.53. The Morgan fingerprint density at radius 3 is 1.61 bits per heavy atom. The van der Waals surface area contributed by atoms with Crippen molar-refractivity contribution in [1.29, 1.82) is 0 Å². The molecule has 1 unspecified atom stereocenters. The number of aliphatic hydroxyl groups excluding tert-OH is 1. The number of ketones is 1. The second kappa shape index (κ2) is 15.3. The lowest BCUT2D eigenvalue weighted by Gasteiger charge is -2.56. The number of carbonyl (C=O) groups is 1. The first-order valence-corrected chi connectivity index (χ1v) is 20.7. The number of ether oxygens (including phenoxy) is 2. The van der Waals surface area contributed by atoms with Crippen molar-refractivity contribution in [3.63, 3.8) is 0 Å². The number of fused-ring (bicyclic) bond motifs is 6. The van der Waals surface area contributed by atoms with Crippen LogP contribution in [0.25, 0.3) is 0 Å². The van der Waals surface area contributed by atoms with Gasteiger partial charge in [0.15, 0.2) is 0 Å².